The Balaban J connectivity index is 1.67. The van der Waals surface area contributed by atoms with Crippen LogP contribution in [0.5, 0.6) is 0 Å². The second-order valence-electron chi connectivity index (χ2n) is 5.11. The van der Waals surface area contributed by atoms with E-state index in [0.717, 1.165) is 0 Å². The molecule has 1 fully saturated rings. The Kier molecular flexibility index (Phi) is 4.32. The van der Waals surface area contributed by atoms with Crippen molar-refractivity contribution in [1.82, 2.24) is 30.8 Å². The first-order valence-electron chi connectivity index (χ1n) is 6.85. The number of aliphatic hydroxyl groups is 1. The lowest BCUT2D eigenvalue weighted by atomic mass is 10.1. The number of benzene rings is 1. The normalized spacial score (nSPS) is 21.0. The van der Waals surface area contributed by atoms with Gasteiger partial charge in [0, 0.05) is 25.6 Å². The van der Waals surface area contributed by atoms with Gasteiger partial charge in [-0.05, 0) is 28.6 Å². The van der Waals surface area contributed by atoms with Crippen molar-refractivity contribution in [3.63, 3.8) is 0 Å². The molecule has 0 spiro atoms. The predicted octanol–water partition coefficient (Wildman–Crippen LogP) is -0.374. The van der Waals surface area contributed by atoms with Gasteiger partial charge in [-0.1, -0.05) is 11.6 Å². The third-order valence-corrected chi connectivity index (χ3v) is 3.95. The first-order chi connectivity index (χ1) is 10.6. The molecule has 1 aliphatic heterocycles. The molecule has 1 aromatic heterocycles. The van der Waals surface area contributed by atoms with Gasteiger partial charge >= 0.3 is 0 Å². The number of nitrogens with one attached hydrogen (secondary N) is 2. The molecule has 1 aromatic carbocycles. The number of hydrogen-bond donors (Lipinski definition) is 3. The van der Waals surface area contributed by atoms with Crippen LogP contribution in [0, 0.1) is 5.92 Å². The highest BCUT2D eigenvalue weighted by atomic mass is 35.5. The first kappa shape index (κ1) is 14.9. The van der Waals surface area contributed by atoms with E-state index in [2.05, 4.69) is 26.2 Å². The summed E-state index contributed by atoms with van der Waals surface area (Å²) in [5.41, 5.74) is 1.04. The molecule has 2 heterocycles. The molecule has 2 unspecified atom stereocenters. The second kappa shape index (κ2) is 6.39. The van der Waals surface area contributed by atoms with Crippen molar-refractivity contribution in [1.29, 1.82) is 0 Å². The van der Waals surface area contributed by atoms with Gasteiger partial charge in [-0.25, -0.2) is 4.68 Å². The van der Waals surface area contributed by atoms with Crippen LogP contribution in [-0.2, 0) is 0 Å². The van der Waals surface area contributed by atoms with Crippen molar-refractivity contribution in [2.75, 3.05) is 19.6 Å². The average molecular weight is 323 g/mol. The fourth-order valence-corrected chi connectivity index (χ4v) is 2.62. The second-order valence-corrected chi connectivity index (χ2v) is 5.52. The highest BCUT2D eigenvalue weighted by Crippen LogP contribution is 2.20. The molecule has 2 aromatic rings. The molecule has 0 aliphatic carbocycles. The zero-order valence-electron chi connectivity index (χ0n) is 11.6. The molecule has 1 saturated heterocycles. The average Bonchev–Trinajstić information content (AvgIpc) is 3.16. The van der Waals surface area contributed by atoms with E-state index >= 15 is 0 Å². The highest BCUT2D eigenvalue weighted by molar-refractivity contribution is 6.34. The molecular weight excluding hydrogens is 308 g/mol. The Morgan fingerprint density at radius 2 is 2.36 bits per heavy atom. The quantitative estimate of drug-likeness (QED) is 0.709. The summed E-state index contributed by atoms with van der Waals surface area (Å²) in [6.45, 7) is 1.65. The van der Waals surface area contributed by atoms with Crippen LogP contribution in [0.15, 0.2) is 24.5 Å². The van der Waals surface area contributed by atoms with E-state index < -0.39 is 6.10 Å². The summed E-state index contributed by atoms with van der Waals surface area (Å²) in [6.07, 6.45) is 1.01. The number of carbonyl (C=O) groups excluding carboxylic acids is 1. The molecular formula is C13H15ClN6O2. The van der Waals surface area contributed by atoms with Crippen LogP contribution < -0.4 is 10.6 Å². The van der Waals surface area contributed by atoms with Crippen molar-refractivity contribution in [2.45, 2.75) is 6.10 Å². The van der Waals surface area contributed by atoms with Crippen LogP contribution in [0.4, 0.5) is 0 Å². The van der Waals surface area contributed by atoms with E-state index in [0.29, 0.717) is 35.9 Å². The summed E-state index contributed by atoms with van der Waals surface area (Å²) in [4.78, 5) is 12.2. The van der Waals surface area contributed by atoms with Gasteiger partial charge in [0.15, 0.2) is 0 Å². The van der Waals surface area contributed by atoms with E-state index in [-0.39, 0.29) is 11.8 Å². The van der Waals surface area contributed by atoms with Crippen molar-refractivity contribution >= 4 is 17.5 Å². The van der Waals surface area contributed by atoms with Crippen molar-refractivity contribution in [3.8, 4) is 5.69 Å². The number of amides is 1. The minimum absolute atomic E-state index is 0.0169. The molecule has 3 N–H and O–H groups in total. The van der Waals surface area contributed by atoms with Gasteiger partial charge in [-0.15, -0.1) is 5.10 Å². The number of rotatable bonds is 4. The van der Waals surface area contributed by atoms with Gasteiger partial charge in [-0.2, -0.15) is 0 Å². The Morgan fingerprint density at radius 1 is 1.50 bits per heavy atom. The lowest BCUT2D eigenvalue weighted by Gasteiger charge is -2.14. The Hall–Kier alpha value is -2.03. The third-order valence-electron chi connectivity index (χ3n) is 3.64. The van der Waals surface area contributed by atoms with E-state index in [4.69, 9.17) is 11.6 Å². The van der Waals surface area contributed by atoms with Crippen molar-refractivity contribution < 1.29 is 9.90 Å². The smallest absolute Gasteiger partial charge is 0.252 e. The van der Waals surface area contributed by atoms with Crippen molar-refractivity contribution in [2.24, 2.45) is 5.92 Å². The van der Waals surface area contributed by atoms with Gasteiger partial charge in [0.05, 0.1) is 22.4 Å². The van der Waals surface area contributed by atoms with E-state index in [1.165, 1.54) is 11.0 Å². The molecule has 3 rings (SSSR count). The van der Waals surface area contributed by atoms with Crippen LogP contribution in [0.1, 0.15) is 10.4 Å². The van der Waals surface area contributed by atoms with Crippen molar-refractivity contribution in [3.05, 3.63) is 35.1 Å². The fourth-order valence-electron chi connectivity index (χ4n) is 2.36. The number of tetrazole rings is 1. The summed E-state index contributed by atoms with van der Waals surface area (Å²) < 4.78 is 1.45. The molecule has 1 amide bonds. The first-order valence-corrected chi connectivity index (χ1v) is 7.23. The Labute approximate surface area is 131 Å². The number of aliphatic hydroxyl groups excluding tert-OH is 1. The summed E-state index contributed by atoms with van der Waals surface area (Å²) >= 11 is 6.16. The SMILES string of the molecule is O=C(NCC1CNCC1O)c1ccc(-n2cnnn2)cc1Cl. The van der Waals surface area contributed by atoms with Gasteiger partial charge < -0.3 is 15.7 Å². The van der Waals surface area contributed by atoms with Gasteiger partial charge in [0.25, 0.3) is 5.91 Å². The number of β-amino-alcohol motifs (C(OH)–C–C–N with tert-alkyl or cyclic N) is 1. The summed E-state index contributed by atoms with van der Waals surface area (Å²) in [6, 6.07) is 4.96. The fraction of sp³-hybridized carbons (Fsp3) is 0.385. The van der Waals surface area contributed by atoms with Gasteiger partial charge in [-0.3, -0.25) is 4.79 Å². The molecule has 0 radical (unpaired) electrons. The largest absolute Gasteiger partial charge is 0.391 e. The summed E-state index contributed by atoms with van der Waals surface area (Å²) in [7, 11) is 0. The highest BCUT2D eigenvalue weighted by Gasteiger charge is 2.25. The lowest BCUT2D eigenvalue weighted by Crippen LogP contribution is -2.34. The number of halogens is 1. The molecule has 9 heteroatoms. The number of nitrogens with zero attached hydrogens (tertiary/aromatic N) is 4. The third kappa shape index (κ3) is 3.08. The summed E-state index contributed by atoms with van der Waals surface area (Å²) in [5.74, 6) is -0.254. The maximum Gasteiger partial charge on any atom is 0.252 e. The van der Waals surface area contributed by atoms with Crippen LogP contribution in [0.2, 0.25) is 5.02 Å². The predicted molar refractivity (Wildman–Crippen MR) is 78.9 cm³/mol. The monoisotopic (exact) mass is 322 g/mol. The van der Waals surface area contributed by atoms with E-state index in [1.54, 1.807) is 18.2 Å². The zero-order valence-corrected chi connectivity index (χ0v) is 12.4. The van der Waals surface area contributed by atoms with Gasteiger partial charge in [0.2, 0.25) is 0 Å². The molecule has 8 nitrogen and oxygen atoms in total. The van der Waals surface area contributed by atoms with Crippen LogP contribution in [0.25, 0.3) is 5.69 Å². The number of aromatic nitrogens is 4. The van der Waals surface area contributed by atoms with Crippen LogP contribution >= 0.6 is 11.6 Å². The zero-order chi connectivity index (χ0) is 15.5. The van der Waals surface area contributed by atoms with E-state index in [9.17, 15) is 9.90 Å². The molecule has 0 saturated carbocycles. The number of hydrogen-bond acceptors (Lipinski definition) is 6. The molecule has 1 aliphatic rings. The Bertz CT molecular complexity index is 663. The molecule has 2 atom stereocenters. The maximum atomic E-state index is 12.2. The molecule has 22 heavy (non-hydrogen) atoms. The minimum atomic E-state index is -0.432. The van der Waals surface area contributed by atoms with Crippen LogP contribution in [-0.4, -0.2) is 57.0 Å². The number of carbonyl (C=O) groups is 1. The standard InChI is InChI=1S/C13H15ClN6O2/c14-11-3-9(20-7-17-18-19-20)1-2-10(11)13(22)16-5-8-4-15-6-12(8)21/h1-3,7-8,12,15,21H,4-6H2,(H,16,22). The van der Waals surface area contributed by atoms with Crippen LogP contribution in [0.3, 0.4) is 0 Å². The van der Waals surface area contributed by atoms with E-state index in [1.807, 2.05) is 0 Å². The lowest BCUT2D eigenvalue weighted by molar-refractivity contribution is 0.0927. The molecule has 116 valence electrons. The maximum absolute atomic E-state index is 12.2. The molecule has 0 bridgehead atoms. The minimum Gasteiger partial charge on any atom is -0.391 e. The Morgan fingerprint density at radius 3 is 3.00 bits per heavy atom. The summed E-state index contributed by atoms with van der Waals surface area (Å²) in [5, 5.41) is 26.7. The topological polar surface area (TPSA) is 105 Å². The van der Waals surface area contributed by atoms with Gasteiger partial charge in [0.1, 0.15) is 6.33 Å².